The molecule has 0 radical (unpaired) electrons. The Balaban J connectivity index is 2.79. The molecule has 0 aliphatic carbocycles. The molecule has 0 saturated carbocycles. The van der Waals surface area contributed by atoms with Crippen LogP contribution in [0, 0.1) is 5.92 Å². The van der Waals surface area contributed by atoms with Crippen LogP contribution >= 0.6 is 0 Å². The van der Waals surface area contributed by atoms with Crippen LogP contribution in [0.2, 0.25) is 0 Å². The van der Waals surface area contributed by atoms with Crippen LogP contribution in [0.15, 0.2) is 18.2 Å². The summed E-state index contributed by atoms with van der Waals surface area (Å²) in [5, 5.41) is 2.80. The van der Waals surface area contributed by atoms with Crippen LogP contribution < -0.4 is 20.5 Å². The standard InChI is InChI=1S/C16H26N2O3/c1-11(2)9-21-13-7-6-12(8-14(13)20-5)15(19)18-10-16(3,4)17/h6-8,11H,9-10,17H2,1-5H3,(H,18,19). The zero-order chi connectivity index (χ0) is 16.0. The molecule has 0 aliphatic heterocycles. The number of rotatable bonds is 7. The van der Waals surface area contributed by atoms with E-state index in [1.165, 1.54) is 0 Å². The van der Waals surface area contributed by atoms with Gasteiger partial charge < -0.3 is 20.5 Å². The maximum atomic E-state index is 12.1. The molecule has 0 saturated heterocycles. The predicted molar refractivity (Wildman–Crippen MR) is 83.9 cm³/mol. The van der Waals surface area contributed by atoms with Crippen molar-refractivity contribution in [3.63, 3.8) is 0 Å². The number of nitrogens with two attached hydrogens (primary N) is 1. The van der Waals surface area contributed by atoms with Crippen LogP contribution in [-0.4, -0.2) is 31.7 Å². The fraction of sp³-hybridized carbons (Fsp3) is 0.562. The van der Waals surface area contributed by atoms with Crippen molar-refractivity contribution in [2.75, 3.05) is 20.3 Å². The maximum absolute atomic E-state index is 12.1. The summed E-state index contributed by atoms with van der Waals surface area (Å²) < 4.78 is 10.9. The highest BCUT2D eigenvalue weighted by Crippen LogP contribution is 2.28. The predicted octanol–water partition coefficient (Wildman–Crippen LogP) is 2.20. The molecule has 0 aromatic heterocycles. The lowest BCUT2D eigenvalue weighted by atomic mass is 10.1. The van der Waals surface area contributed by atoms with Crippen molar-refractivity contribution < 1.29 is 14.3 Å². The highest BCUT2D eigenvalue weighted by Gasteiger charge is 2.15. The molecule has 0 aliphatic rings. The Hall–Kier alpha value is -1.75. The van der Waals surface area contributed by atoms with Gasteiger partial charge in [-0.1, -0.05) is 13.8 Å². The summed E-state index contributed by atoms with van der Waals surface area (Å²) in [5.41, 5.74) is 5.93. The first-order valence-corrected chi connectivity index (χ1v) is 7.11. The van der Waals surface area contributed by atoms with Gasteiger partial charge in [-0.15, -0.1) is 0 Å². The van der Waals surface area contributed by atoms with Crippen LogP contribution in [0.25, 0.3) is 0 Å². The van der Waals surface area contributed by atoms with Crippen molar-refractivity contribution in [2.24, 2.45) is 11.7 Å². The normalized spacial score (nSPS) is 11.4. The van der Waals surface area contributed by atoms with Gasteiger partial charge in [-0.3, -0.25) is 4.79 Å². The first-order chi connectivity index (χ1) is 9.73. The van der Waals surface area contributed by atoms with Gasteiger partial charge in [0, 0.05) is 17.6 Å². The minimum atomic E-state index is -0.444. The van der Waals surface area contributed by atoms with Crippen LogP contribution in [0.1, 0.15) is 38.1 Å². The summed E-state index contributed by atoms with van der Waals surface area (Å²) in [7, 11) is 1.56. The minimum Gasteiger partial charge on any atom is -0.493 e. The Labute approximate surface area is 126 Å². The van der Waals surface area contributed by atoms with Crippen molar-refractivity contribution >= 4 is 5.91 Å². The largest absolute Gasteiger partial charge is 0.493 e. The molecule has 0 atom stereocenters. The Morgan fingerprint density at radius 3 is 2.52 bits per heavy atom. The van der Waals surface area contributed by atoms with Crippen molar-refractivity contribution in [3.8, 4) is 11.5 Å². The van der Waals surface area contributed by atoms with E-state index in [4.69, 9.17) is 15.2 Å². The van der Waals surface area contributed by atoms with E-state index < -0.39 is 5.54 Å². The molecule has 1 rings (SSSR count). The molecule has 118 valence electrons. The first-order valence-electron chi connectivity index (χ1n) is 7.11. The number of carbonyl (C=O) groups is 1. The van der Waals surface area contributed by atoms with Crippen LogP contribution in [0.3, 0.4) is 0 Å². The zero-order valence-corrected chi connectivity index (χ0v) is 13.5. The topological polar surface area (TPSA) is 73.6 Å². The van der Waals surface area contributed by atoms with Crippen LogP contribution in [0.5, 0.6) is 11.5 Å². The van der Waals surface area contributed by atoms with E-state index in [1.54, 1.807) is 25.3 Å². The van der Waals surface area contributed by atoms with Crippen molar-refractivity contribution in [2.45, 2.75) is 33.2 Å². The second-order valence-electron chi connectivity index (χ2n) is 6.24. The molecule has 1 aromatic rings. The molecule has 5 heteroatoms. The zero-order valence-electron chi connectivity index (χ0n) is 13.5. The Morgan fingerprint density at radius 1 is 1.33 bits per heavy atom. The van der Waals surface area contributed by atoms with Gasteiger partial charge >= 0.3 is 0 Å². The number of carbonyl (C=O) groups excluding carboxylic acids is 1. The molecule has 1 amide bonds. The molecule has 3 N–H and O–H groups in total. The van der Waals surface area contributed by atoms with Gasteiger partial charge in [0.05, 0.1) is 13.7 Å². The molecule has 0 fully saturated rings. The number of benzene rings is 1. The molecule has 5 nitrogen and oxygen atoms in total. The van der Waals surface area contributed by atoms with Gasteiger partial charge in [0.25, 0.3) is 5.91 Å². The number of hydrogen-bond donors (Lipinski definition) is 2. The SMILES string of the molecule is COc1cc(C(=O)NCC(C)(C)N)ccc1OCC(C)C. The quantitative estimate of drug-likeness (QED) is 0.808. The average molecular weight is 294 g/mol. The van der Waals surface area contributed by atoms with E-state index in [9.17, 15) is 4.79 Å². The maximum Gasteiger partial charge on any atom is 0.251 e. The molecule has 21 heavy (non-hydrogen) atoms. The van der Waals surface area contributed by atoms with E-state index in [0.29, 0.717) is 36.1 Å². The Bertz CT molecular complexity index is 479. The number of methoxy groups -OCH3 is 1. The lowest BCUT2D eigenvalue weighted by Gasteiger charge is -2.19. The summed E-state index contributed by atoms with van der Waals surface area (Å²) in [6.45, 7) is 8.86. The average Bonchev–Trinajstić information content (AvgIpc) is 2.41. The van der Waals surface area contributed by atoms with Crippen LogP contribution in [0.4, 0.5) is 0 Å². The third-order valence-electron chi connectivity index (χ3n) is 2.70. The second kappa shape index (κ2) is 7.31. The smallest absolute Gasteiger partial charge is 0.251 e. The van der Waals surface area contributed by atoms with Crippen molar-refractivity contribution in [3.05, 3.63) is 23.8 Å². The van der Waals surface area contributed by atoms with E-state index in [1.807, 2.05) is 13.8 Å². The third-order valence-corrected chi connectivity index (χ3v) is 2.70. The summed E-state index contributed by atoms with van der Waals surface area (Å²) in [6.07, 6.45) is 0. The fourth-order valence-corrected chi connectivity index (χ4v) is 1.59. The molecular weight excluding hydrogens is 268 g/mol. The van der Waals surface area contributed by atoms with Gasteiger partial charge in [-0.2, -0.15) is 0 Å². The summed E-state index contributed by atoms with van der Waals surface area (Å²) >= 11 is 0. The van der Waals surface area contributed by atoms with E-state index in [0.717, 1.165) is 0 Å². The molecule has 1 aromatic carbocycles. The lowest BCUT2D eigenvalue weighted by molar-refractivity contribution is 0.0945. The van der Waals surface area contributed by atoms with Crippen molar-refractivity contribution in [1.82, 2.24) is 5.32 Å². The Kier molecular flexibility index (Phi) is 6.03. The van der Waals surface area contributed by atoms with Gasteiger partial charge in [-0.05, 0) is 38.0 Å². The van der Waals surface area contributed by atoms with Crippen LogP contribution in [-0.2, 0) is 0 Å². The summed E-state index contributed by atoms with van der Waals surface area (Å²) in [5.74, 6) is 1.43. The van der Waals surface area contributed by atoms with E-state index >= 15 is 0 Å². The second-order valence-corrected chi connectivity index (χ2v) is 6.24. The van der Waals surface area contributed by atoms with Crippen molar-refractivity contribution in [1.29, 1.82) is 0 Å². The Morgan fingerprint density at radius 2 is 2.00 bits per heavy atom. The van der Waals surface area contributed by atoms with E-state index in [2.05, 4.69) is 19.2 Å². The number of hydrogen-bond acceptors (Lipinski definition) is 4. The number of ether oxygens (including phenoxy) is 2. The van der Waals surface area contributed by atoms with Gasteiger partial charge in [0.15, 0.2) is 11.5 Å². The molecule has 0 spiro atoms. The monoisotopic (exact) mass is 294 g/mol. The van der Waals surface area contributed by atoms with E-state index in [-0.39, 0.29) is 5.91 Å². The lowest BCUT2D eigenvalue weighted by Crippen LogP contribution is -2.45. The number of amides is 1. The summed E-state index contributed by atoms with van der Waals surface area (Å²) in [4.78, 5) is 12.1. The highest BCUT2D eigenvalue weighted by molar-refractivity contribution is 5.94. The third kappa shape index (κ3) is 6.04. The molecule has 0 bridgehead atoms. The minimum absolute atomic E-state index is 0.178. The number of nitrogens with one attached hydrogen (secondary N) is 1. The molecular formula is C16H26N2O3. The molecule has 0 unspecified atom stereocenters. The first kappa shape index (κ1) is 17.3. The van der Waals surface area contributed by atoms with Gasteiger partial charge in [-0.25, -0.2) is 0 Å². The van der Waals surface area contributed by atoms with Gasteiger partial charge in [0.1, 0.15) is 0 Å². The van der Waals surface area contributed by atoms with Gasteiger partial charge in [0.2, 0.25) is 0 Å². The summed E-state index contributed by atoms with van der Waals surface area (Å²) in [6, 6.07) is 5.15. The molecule has 0 heterocycles. The fourth-order valence-electron chi connectivity index (χ4n) is 1.59. The highest BCUT2D eigenvalue weighted by atomic mass is 16.5.